The van der Waals surface area contributed by atoms with E-state index in [-0.39, 0.29) is 12.6 Å². The number of nitrogens with one attached hydrogen (secondary N) is 1. The van der Waals surface area contributed by atoms with E-state index in [0.717, 1.165) is 6.42 Å². The minimum atomic E-state index is -0.0533. The average Bonchev–Trinajstić information content (AvgIpc) is 2.17. The van der Waals surface area contributed by atoms with E-state index in [4.69, 9.17) is 17.3 Å². The summed E-state index contributed by atoms with van der Waals surface area (Å²) in [5, 5.41) is 12.0. The van der Waals surface area contributed by atoms with Gasteiger partial charge in [0.15, 0.2) is 0 Å². The van der Waals surface area contributed by atoms with E-state index in [2.05, 4.69) is 17.9 Å². The van der Waals surface area contributed by atoms with Gasteiger partial charge in [0.1, 0.15) is 4.32 Å². The molecular weight excluding hydrogens is 214 g/mol. The van der Waals surface area contributed by atoms with Gasteiger partial charge in [-0.3, -0.25) is 0 Å². The summed E-state index contributed by atoms with van der Waals surface area (Å²) in [7, 11) is 0. The van der Waals surface area contributed by atoms with Gasteiger partial charge in [-0.05, 0) is 12.0 Å². The highest BCUT2D eigenvalue weighted by atomic mass is 32.1. The first kappa shape index (κ1) is 11.5. The fourth-order valence-corrected chi connectivity index (χ4v) is 1.58. The number of thiocarbonyl (C=S) groups is 1. The minimum Gasteiger partial charge on any atom is -0.394 e. The van der Waals surface area contributed by atoms with Crippen LogP contribution >= 0.6 is 24.8 Å². The van der Waals surface area contributed by atoms with E-state index < -0.39 is 0 Å². The van der Waals surface area contributed by atoms with Crippen LogP contribution in [0.15, 0.2) is 30.3 Å². The van der Waals surface area contributed by atoms with Gasteiger partial charge in [-0.1, -0.05) is 42.5 Å². The number of rotatable bonds is 4. The van der Waals surface area contributed by atoms with Crippen molar-refractivity contribution in [3.05, 3.63) is 35.9 Å². The number of aliphatic hydroxyl groups excluding tert-OH is 1. The second kappa shape index (κ2) is 6.01. The quantitative estimate of drug-likeness (QED) is 0.537. The monoisotopic (exact) mass is 227 g/mol. The van der Waals surface area contributed by atoms with Crippen LogP contribution in [0.25, 0.3) is 0 Å². The number of hydrogen-bond donors (Lipinski definition) is 3. The SMILES string of the molecule is OC[C@H](Cc1ccccc1)NC(=S)S. The molecule has 14 heavy (non-hydrogen) atoms. The summed E-state index contributed by atoms with van der Waals surface area (Å²) in [5.41, 5.74) is 1.17. The van der Waals surface area contributed by atoms with Crippen LogP contribution in [0, 0.1) is 0 Å². The van der Waals surface area contributed by atoms with Crippen molar-refractivity contribution in [3.63, 3.8) is 0 Å². The summed E-state index contributed by atoms with van der Waals surface area (Å²) < 4.78 is 0.417. The Hall–Kier alpha value is -0.580. The maximum atomic E-state index is 9.08. The van der Waals surface area contributed by atoms with E-state index in [1.165, 1.54) is 5.56 Å². The van der Waals surface area contributed by atoms with Crippen molar-refractivity contribution in [2.24, 2.45) is 0 Å². The Morgan fingerprint density at radius 3 is 2.57 bits per heavy atom. The summed E-state index contributed by atoms with van der Waals surface area (Å²) in [6, 6.07) is 9.90. The maximum Gasteiger partial charge on any atom is 0.130 e. The first-order valence-corrected chi connectivity index (χ1v) is 5.22. The number of hydrogen-bond acceptors (Lipinski definition) is 2. The molecule has 76 valence electrons. The molecule has 0 spiro atoms. The molecule has 2 N–H and O–H groups in total. The van der Waals surface area contributed by atoms with Crippen LogP contribution in [0.4, 0.5) is 0 Å². The van der Waals surface area contributed by atoms with Crippen LogP contribution in [-0.2, 0) is 6.42 Å². The summed E-state index contributed by atoms with van der Waals surface area (Å²) in [5.74, 6) is 0. The minimum absolute atomic E-state index is 0.0512. The molecule has 0 aliphatic carbocycles. The van der Waals surface area contributed by atoms with Crippen molar-refractivity contribution in [2.45, 2.75) is 12.5 Å². The molecule has 4 heteroatoms. The van der Waals surface area contributed by atoms with Crippen LogP contribution in [0.5, 0.6) is 0 Å². The Morgan fingerprint density at radius 2 is 2.07 bits per heavy atom. The summed E-state index contributed by atoms with van der Waals surface area (Å²) in [6.07, 6.45) is 0.748. The molecule has 0 radical (unpaired) electrons. The molecule has 1 atom stereocenters. The molecule has 0 aliphatic heterocycles. The third kappa shape index (κ3) is 4.09. The van der Waals surface area contributed by atoms with E-state index in [9.17, 15) is 0 Å². The van der Waals surface area contributed by atoms with Crippen molar-refractivity contribution in [2.75, 3.05) is 6.61 Å². The van der Waals surface area contributed by atoms with Crippen LogP contribution in [0.1, 0.15) is 5.56 Å². The maximum absolute atomic E-state index is 9.08. The smallest absolute Gasteiger partial charge is 0.130 e. The molecule has 1 rings (SSSR count). The first-order valence-electron chi connectivity index (χ1n) is 4.36. The van der Waals surface area contributed by atoms with E-state index >= 15 is 0 Å². The van der Waals surface area contributed by atoms with Crippen LogP contribution in [0.3, 0.4) is 0 Å². The Kier molecular flexibility index (Phi) is 4.93. The molecule has 2 nitrogen and oxygen atoms in total. The average molecular weight is 227 g/mol. The highest BCUT2D eigenvalue weighted by molar-refractivity contribution is 8.11. The molecule has 0 bridgehead atoms. The number of thiol groups is 1. The zero-order valence-electron chi connectivity index (χ0n) is 7.68. The van der Waals surface area contributed by atoms with Gasteiger partial charge >= 0.3 is 0 Å². The summed E-state index contributed by atoms with van der Waals surface area (Å²) in [4.78, 5) is 0. The molecule has 0 heterocycles. The summed E-state index contributed by atoms with van der Waals surface area (Å²) >= 11 is 8.76. The molecule has 0 aliphatic rings. The lowest BCUT2D eigenvalue weighted by atomic mass is 10.1. The molecule has 0 saturated carbocycles. The number of benzene rings is 1. The van der Waals surface area contributed by atoms with Gasteiger partial charge in [0.05, 0.1) is 12.6 Å². The van der Waals surface area contributed by atoms with Gasteiger partial charge in [0.2, 0.25) is 0 Å². The third-order valence-corrected chi connectivity index (χ3v) is 2.12. The fourth-order valence-electron chi connectivity index (χ4n) is 1.23. The molecule has 0 aromatic heterocycles. The molecular formula is C10H13NOS2. The zero-order chi connectivity index (χ0) is 10.4. The van der Waals surface area contributed by atoms with Crippen LogP contribution in [0.2, 0.25) is 0 Å². The normalized spacial score (nSPS) is 12.1. The highest BCUT2D eigenvalue weighted by Gasteiger charge is 2.07. The van der Waals surface area contributed by atoms with Gasteiger partial charge < -0.3 is 10.4 Å². The van der Waals surface area contributed by atoms with Gasteiger partial charge in [-0.15, -0.1) is 12.6 Å². The van der Waals surface area contributed by atoms with Gasteiger partial charge in [0, 0.05) is 0 Å². The lowest BCUT2D eigenvalue weighted by Crippen LogP contribution is -2.35. The number of aliphatic hydroxyl groups is 1. The Labute approximate surface area is 94.7 Å². The van der Waals surface area contributed by atoms with E-state index in [1.54, 1.807) is 0 Å². The van der Waals surface area contributed by atoms with Gasteiger partial charge in [-0.25, -0.2) is 0 Å². The van der Waals surface area contributed by atoms with E-state index in [0.29, 0.717) is 4.32 Å². The van der Waals surface area contributed by atoms with Gasteiger partial charge in [0.25, 0.3) is 0 Å². The van der Waals surface area contributed by atoms with Crippen LogP contribution < -0.4 is 5.32 Å². The lowest BCUT2D eigenvalue weighted by Gasteiger charge is -2.15. The third-order valence-electron chi connectivity index (χ3n) is 1.87. The lowest BCUT2D eigenvalue weighted by molar-refractivity contribution is 0.256. The first-order chi connectivity index (χ1) is 6.72. The zero-order valence-corrected chi connectivity index (χ0v) is 9.39. The molecule has 0 fully saturated rings. The second-order valence-corrected chi connectivity index (χ2v) is 4.18. The van der Waals surface area contributed by atoms with Crippen LogP contribution in [-0.4, -0.2) is 22.1 Å². The Balaban J connectivity index is 2.53. The molecule has 1 aromatic carbocycles. The van der Waals surface area contributed by atoms with Crippen molar-refractivity contribution in [3.8, 4) is 0 Å². The molecule has 0 amide bonds. The van der Waals surface area contributed by atoms with Crippen molar-refractivity contribution < 1.29 is 5.11 Å². The predicted molar refractivity (Wildman–Crippen MR) is 65.7 cm³/mol. The fraction of sp³-hybridized carbons (Fsp3) is 0.300. The second-order valence-electron chi connectivity index (χ2n) is 3.02. The standard InChI is InChI=1S/C10H13NOS2/c12-7-9(11-10(13)14)6-8-4-2-1-3-5-8/h1-5,9,12H,6-7H2,(H2,11,13,14)/t9-/m0/s1. The molecule has 1 aromatic rings. The topological polar surface area (TPSA) is 32.3 Å². The van der Waals surface area contributed by atoms with Gasteiger partial charge in [-0.2, -0.15) is 0 Å². The molecule has 0 unspecified atom stereocenters. The van der Waals surface area contributed by atoms with Crippen molar-refractivity contribution in [1.82, 2.24) is 5.32 Å². The highest BCUT2D eigenvalue weighted by Crippen LogP contribution is 2.03. The largest absolute Gasteiger partial charge is 0.394 e. The van der Waals surface area contributed by atoms with E-state index in [1.807, 2.05) is 30.3 Å². The van der Waals surface area contributed by atoms with Crippen molar-refractivity contribution in [1.29, 1.82) is 0 Å². The Morgan fingerprint density at radius 1 is 1.43 bits per heavy atom. The Bertz CT molecular complexity index is 289. The molecule has 0 saturated heterocycles. The summed E-state index contributed by atoms with van der Waals surface area (Å²) in [6.45, 7) is 0.0512. The van der Waals surface area contributed by atoms with Crippen molar-refractivity contribution >= 4 is 29.2 Å². The predicted octanol–water partition coefficient (Wildman–Crippen LogP) is 1.39.